The predicted molar refractivity (Wildman–Crippen MR) is 123 cm³/mol. The highest BCUT2D eigenvalue weighted by atomic mass is 35.5. The van der Waals surface area contributed by atoms with Gasteiger partial charge in [0, 0.05) is 22.9 Å². The van der Waals surface area contributed by atoms with Crippen molar-refractivity contribution >= 4 is 41.0 Å². The number of rotatable bonds is 7. The molecule has 1 amide bonds. The minimum Gasteiger partial charge on any atom is -0.449 e. The van der Waals surface area contributed by atoms with Crippen molar-refractivity contribution in [2.45, 2.75) is 26.9 Å². The van der Waals surface area contributed by atoms with Crippen LogP contribution in [-0.2, 0) is 14.3 Å². The lowest BCUT2D eigenvalue weighted by Crippen LogP contribution is -2.29. The molecule has 1 heterocycles. The van der Waals surface area contributed by atoms with Crippen molar-refractivity contribution < 1.29 is 19.1 Å². The molecule has 1 unspecified atom stereocenters. The first kappa shape index (κ1) is 23.0. The van der Waals surface area contributed by atoms with Gasteiger partial charge in [0.2, 0.25) is 0 Å². The number of aromatic nitrogens is 2. The Bertz CT molecular complexity index is 1170. The van der Waals surface area contributed by atoms with Gasteiger partial charge in [-0.2, -0.15) is 5.10 Å². The molecule has 1 aromatic heterocycles. The van der Waals surface area contributed by atoms with Crippen molar-refractivity contribution in [3.05, 3.63) is 82.6 Å². The molecule has 3 rings (SSSR count). The largest absolute Gasteiger partial charge is 0.449 e. The molecule has 0 spiro atoms. The molecule has 8 heteroatoms. The molecule has 0 fully saturated rings. The predicted octanol–water partition coefficient (Wildman–Crippen LogP) is 4.62. The first-order chi connectivity index (χ1) is 15.3. The number of para-hydroxylation sites is 1. The Morgan fingerprint density at radius 1 is 1.09 bits per heavy atom. The number of esters is 1. The van der Waals surface area contributed by atoms with Gasteiger partial charge < -0.3 is 10.1 Å². The Kier molecular flexibility index (Phi) is 7.22. The SMILES string of the molecule is CC(=O)c1ccc(NC(=O)C(C)OC(=O)/C=C/c2c(C)nn(-c3ccccc3)c2Cl)cc1. The van der Waals surface area contributed by atoms with Crippen molar-refractivity contribution in [1.29, 1.82) is 0 Å². The number of ketones is 1. The summed E-state index contributed by atoms with van der Waals surface area (Å²) in [6.45, 7) is 4.71. The third-order valence-electron chi connectivity index (χ3n) is 4.66. The Morgan fingerprint density at radius 2 is 1.75 bits per heavy atom. The lowest BCUT2D eigenvalue weighted by Gasteiger charge is -2.12. The summed E-state index contributed by atoms with van der Waals surface area (Å²) in [7, 11) is 0. The normalized spacial score (nSPS) is 11.9. The van der Waals surface area contributed by atoms with E-state index in [2.05, 4.69) is 10.4 Å². The minimum absolute atomic E-state index is 0.0680. The number of amides is 1. The second-order valence-electron chi connectivity index (χ2n) is 7.07. The summed E-state index contributed by atoms with van der Waals surface area (Å²) >= 11 is 6.44. The van der Waals surface area contributed by atoms with Crippen LogP contribution in [0.2, 0.25) is 5.15 Å². The van der Waals surface area contributed by atoms with Crippen LogP contribution in [0.5, 0.6) is 0 Å². The molecule has 1 atom stereocenters. The summed E-state index contributed by atoms with van der Waals surface area (Å²) in [6, 6.07) is 15.8. The Hall–Kier alpha value is -3.71. The van der Waals surface area contributed by atoms with Crippen molar-refractivity contribution in [3.63, 3.8) is 0 Å². The summed E-state index contributed by atoms with van der Waals surface area (Å²) in [4.78, 5) is 35.8. The fraction of sp³-hybridized carbons (Fsp3) is 0.167. The fourth-order valence-electron chi connectivity index (χ4n) is 2.89. The molecular formula is C24H22ClN3O4. The number of hydrogen-bond acceptors (Lipinski definition) is 5. The summed E-state index contributed by atoms with van der Waals surface area (Å²) in [5, 5.41) is 7.41. The number of Topliss-reactive ketones (excluding diaryl/α,β-unsaturated/α-hetero) is 1. The van der Waals surface area contributed by atoms with Crippen molar-refractivity contribution in [1.82, 2.24) is 9.78 Å². The van der Waals surface area contributed by atoms with E-state index in [4.69, 9.17) is 16.3 Å². The zero-order valence-electron chi connectivity index (χ0n) is 17.8. The van der Waals surface area contributed by atoms with Gasteiger partial charge in [-0.3, -0.25) is 9.59 Å². The summed E-state index contributed by atoms with van der Waals surface area (Å²) in [5.74, 6) is -1.25. The molecule has 32 heavy (non-hydrogen) atoms. The van der Waals surface area contributed by atoms with E-state index in [9.17, 15) is 14.4 Å². The Labute approximate surface area is 190 Å². The summed E-state index contributed by atoms with van der Waals surface area (Å²) in [5.41, 5.74) is 3.05. The topological polar surface area (TPSA) is 90.3 Å². The highest BCUT2D eigenvalue weighted by molar-refractivity contribution is 6.31. The number of nitrogens with one attached hydrogen (secondary N) is 1. The van der Waals surface area contributed by atoms with Crippen LogP contribution >= 0.6 is 11.6 Å². The smallest absolute Gasteiger partial charge is 0.331 e. The van der Waals surface area contributed by atoms with E-state index in [1.165, 1.54) is 26.0 Å². The molecule has 3 aromatic rings. The lowest BCUT2D eigenvalue weighted by atomic mass is 10.1. The third-order valence-corrected chi connectivity index (χ3v) is 5.02. The average Bonchev–Trinajstić information content (AvgIpc) is 3.06. The molecule has 0 saturated carbocycles. The van der Waals surface area contributed by atoms with Crippen LogP contribution in [0.25, 0.3) is 11.8 Å². The highest BCUT2D eigenvalue weighted by Crippen LogP contribution is 2.24. The van der Waals surface area contributed by atoms with Crippen molar-refractivity contribution in [3.8, 4) is 5.69 Å². The van der Waals surface area contributed by atoms with Gasteiger partial charge in [-0.15, -0.1) is 0 Å². The quantitative estimate of drug-likeness (QED) is 0.321. The Morgan fingerprint density at radius 3 is 2.38 bits per heavy atom. The molecule has 2 aromatic carbocycles. The van der Waals surface area contributed by atoms with Gasteiger partial charge in [0.25, 0.3) is 5.91 Å². The van der Waals surface area contributed by atoms with Crippen LogP contribution in [0, 0.1) is 6.92 Å². The van der Waals surface area contributed by atoms with Gasteiger partial charge in [0.15, 0.2) is 11.9 Å². The van der Waals surface area contributed by atoms with Gasteiger partial charge in [-0.25, -0.2) is 9.48 Å². The molecule has 1 N–H and O–H groups in total. The number of carbonyl (C=O) groups excluding carboxylic acids is 3. The zero-order valence-corrected chi connectivity index (χ0v) is 18.6. The number of anilines is 1. The third kappa shape index (κ3) is 5.50. The van der Waals surface area contributed by atoms with E-state index < -0.39 is 18.0 Å². The number of halogens is 1. The molecule has 7 nitrogen and oxygen atoms in total. The van der Waals surface area contributed by atoms with Gasteiger partial charge >= 0.3 is 5.97 Å². The second-order valence-corrected chi connectivity index (χ2v) is 7.43. The van der Waals surface area contributed by atoms with E-state index in [-0.39, 0.29) is 5.78 Å². The molecule has 0 bridgehead atoms. The molecule has 0 aliphatic heterocycles. The van der Waals surface area contributed by atoms with Crippen LogP contribution in [0.15, 0.2) is 60.7 Å². The number of ether oxygens (including phenoxy) is 1. The number of aryl methyl sites for hydroxylation is 1. The molecule has 0 aliphatic rings. The molecule has 0 saturated heterocycles. The van der Waals surface area contributed by atoms with E-state index in [0.29, 0.717) is 27.7 Å². The maximum Gasteiger partial charge on any atom is 0.331 e. The number of benzene rings is 2. The summed E-state index contributed by atoms with van der Waals surface area (Å²) in [6.07, 6.45) is 1.69. The maximum absolute atomic E-state index is 12.3. The average molecular weight is 452 g/mol. The van der Waals surface area contributed by atoms with Crippen molar-refractivity contribution in [2.75, 3.05) is 5.32 Å². The van der Waals surface area contributed by atoms with Crippen LogP contribution in [0.4, 0.5) is 5.69 Å². The molecular weight excluding hydrogens is 430 g/mol. The first-order valence-corrected chi connectivity index (χ1v) is 10.2. The first-order valence-electron chi connectivity index (χ1n) is 9.87. The van der Waals surface area contributed by atoms with E-state index >= 15 is 0 Å². The van der Waals surface area contributed by atoms with Crippen LogP contribution < -0.4 is 5.32 Å². The van der Waals surface area contributed by atoms with Gasteiger partial charge in [-0.05, 0) is 63.2 Å². The van der Waals surface area contributed by atoms with E-state index in [1.54, 1.807) is 35.9 Å². The van der Waals surface area contributed by atoms with Crippen LogP contribution in [0.1, 0.15) is 35.5 Å². The standard InChI is InChI=1S/C24H22ClN3O4/c1-15-21(23(25)28(27-15)20-7-5-4-6-8-20)13-14-22(30)32-17(3)24(31)26-19-11-9-18(10-12-19)16(2)29/h4-14,17H,1-3H3,(H,26,31)/b14-13+. The van der Waals surface area contributed by atoms with Crippen LogP contribution in [-0.4, -0.2) is 33.5 Å². The highest BCUT2D eigenvalue weighted by Gasteiger charge is 2.18. The van der Waals surface area contributed by atoms with Gasteiger partial charge in [0.1, 0.15) is 5.15 Å². The van der Waals surface area contributed by atoms with Gasteiger partial charge in [0.05, 0.1) is 11.4 Å². The number of carbonyl (C=O) groups is 3. The number of nitrogens with zero attached hydrogens (tertiary/aromatic N) is 2. The Balaban J connectivity index is 1.62. The second kappa shape index (κ2) is 10.1. The number of hydrogen-bond donors (Lipinski definition) is 1. The monoisotopic (exact) mass is 451 g/mol. The summed E-state index contributed by atoms with van der Waals surface area (Å²) < 4.78 is 6.76. The van der Waals surface area contributed by atoms with E-state index in [1.807, 2.05) is 30.3 Å². The van der Waals surface area contributed by atoms with Crippen LogP contribution in [0.3, 0.4) is 0 Å². The zero-order chi connectivity index (χ0) is 23.3. The fourth-order valence-corrected chi connectivity index (χ4v) is 3.23. The molecule has 0 aliphatic carbocycles. The molecule has 0 radical (unpaired) electrons. The van der Waals surface area contributed by atoms with Gasteiger partial charge in [-0.1, -0.05) is 29.8 Å². The lowest BCUT2D eigenvalue weighted by molar-refractivity contribution is -0.148. The molecule has 164 valence electrons. The van der Waals surface area contributed by atoms with E-state index in [0.717, 1.165) is 5.69 Å². The maximum atomic E-state index is 12.3. The van der Waals surface area contributed by atoms with Crippen molar-refractivity contribution in [2.24, 2.45) is 0 Å². The minimum atomic E-state index is -1.02.